The second kappa shape index (κ2) is 3.02. The summed E-state index contributed by atoms with van der Waals surface area (Å²) in [6.07, 6.45) is 1.99. The van der Waals surface area contributed by atoms with E-state index in [4.69, 9.17) is 9.78 Å². The Hall–Kier alpha value is -0.970. The fourth-order valence-corrected chi connectivity index (χ4v) is 1.54. The van der Waals surface area contributed by atoms with Crippen LogP contribution in [0.4, 0.5) is 0 Å². The number of rotatable bonds is 1. The van der Waals surface area contributed by atoms with E-state index in [0.717, 1.165) is 0 Å². The summed E-state index contributed by atoms with van der Waals surface area (Å²) in [5.41, 5.74) is -0.00251. The Balaban J connectivity index is 2.27. The van der Waals surface area contributed by atoms with Crippen molar-refractivity contribution in [1.29, 1.82) is 0 Å². The van der Waals surface area contributed by atoms with E-state index in [1.54, 1.807) is 24.4 Å². The van der Waals surface area contributed by atoms with Gasteiger partial charge in [0.1, 0.15) is 11.3 Å². The van der Waals surface area contributed by atoms with Crippen LogP contribution in [0.1, 0.15) is 26.0 Å². The van der Waals surface area contributed by atoms with Crippen LogP contribution in [0.3, 0.4) is 0 Å². The highest BCUT2D eigenvalue weighted by Gasteiger charge is 2.47. The van der Waals surface area contributed by atoms with Gasteiger partial charge in [0.05, 0.1) is 0 Å². The van der Waals surface area contributed by atoms with Gasteiger partial charge in [0.15, 0.2) is 0 Å². The van der Waals surface area contributed by atoms with Gasteiger partial charge in [0, 0.05) is 12.6 Å². The van der Waals surface area contributed by atoms with E-state index in [9.17, 15) is 5.11 Å². The van der Waals surface area contributed by atoms with Crippen molar-refractivity contribution in [3.63, 3.8) is 0 Å². The summed E-state index contributed by atoms with van der Waals surface area (Å²) in [5.74, 6) is -1.41. The Morgan fingerprint density at radius 3 is 2.64 bits per heavy atom. The van der Waals surface area contributed by atoms with Crippen LogP contribution in [0.25, 0.3) is 0 Å². The van der Waals surface area contributed by atoms with E-state index in [1.807, 2.05) is 13.8 Å². The second-order valence-corrected chi connectivity index (χ2v) is 4.10. The first-order valence-electron chi connectivity index (χ1n) is 4.53. The molecule has 0 radical (unpaired) electrons. The summed E-state index contributed by atoms with van der Waals surface area (Å²) in [5, 5.41) is 10.1. The monoisotopic (exact) mass is 195 g/mol. The number of hydrogen-bond donors (Lipinski definition) is 1. The molecule has 1 aliphatic rings. The van der Waals surface area contributed by atoms with Gasteiger partial charge in [-0.1, -0.05) is 6.07 Å². The largest absolute Gasteiger partial charge is 0.358 e. The lowest BCUT2D eigenvalue weighted by Gasteiger charge is -2.18. The molecule has 1 aromatic heterocycles. The Bertz CT molecular complexity index is 325. The minimum absolute atomic E-state index is 0.372. The van der Waals surface area contributed by atoms with Crippen molar-refractivity contribution in [3.8, 4) is 0 Å². The minimum Gasteiger partial charge on any atom is -0.358 e. The summed E-state index contributed by atoms with van der Waals surface area (Å²) >= 11 is 0. The second-order valence-electron chi connectivity index (χ2n) is 4.10. The van der Waals surface area contributed by atoms with Gasteiger partial charge in [-0.3, -0.25) is 4.98 Å². The predicted octanol–water partition coefficient (Wildman–Crippen LogP) is 1.36. The molecule has 0 aliphatic carbocycles. The molecule has 1 N–H and O–H groups in total. The highest BCUT2D eigenvalue weighted by atomic mass is 17.2. The van der Waals surface area contributed by atoms with Crippen molar-refractivity contribution in [2.45, 2.75) is 31.7 Å². The molecule has 1 unspecified atom stereocenters. The Labute approximate surface area is 82.4 Å². The molecule has 0 spiro atoms. The van der Waals surface area contributed by atoms with Crippen LogP contribution >= 0.6 is 0 Å². The fraction of sp³-hybridized carbons (Fsp3) is 0.500. The van der Waals surface area contributed by atoms with Crippen LogP contribution in [-0.4, -0.2) is 15.7 Å². The first-order chi connectivity index (χ1) is 6.52. The van der Waals surface area contributed by atoms with E-state index in [1.165, 1.54) is 0 Å². The number of nitrogens with zero attached hydrogens (tertiary/aromatic N) is 1. The van der Waals surface area contributed by atoms with Crippen molar-refractivity contribution in [1.82, 2.24) is 4.98 Å². The molecule has 4 heteroatoms. The van der Waals surface area contributed by atoms with Crippen LogP contribution in [-0.2, 0) is 15.6 Å². The maximum atomic E-state index is 10.1. The molecule has 14 heavy (non-hydrogen) atoms. The molecule has 0 aromatic carbocycles. The Kier molecular flexibility index (Phi) is 2.06. The fourth-order valence-electron chi connectivity index (χ4n) is 1.54. The van der Waals surface area contributed by atoms with Gasteiger partial charge in [0.2, 0.25) is 5.79 Å². The summed E-state index contributed by atoms with van der Waals surface area (Å²) in [6, 6.07) is 5.30. The van der Waals surface area contributed by atoms with Crippen LogP contribution in [0.15, 0.2) is 24.4 Å². The van der Waals surface area contributed by atoms with Crippen molar-refractivity contribution in [3.05, 3.63) is 30.1 Å². The molecular weight excluding hydrogens is 182 g/mol. The van der Waals surface area contributed by atoms with E-state index in [0.29, 0.717) is 12.1 Å². The van der Waals surface area contributed by atoms with Gasteiger partial charge in [-0.25, -0.2) is 4.89 Å². The molecule has 4 nitrogen and oxygen atoms in total. The van der Waals surface area contributed by atoms with Crippen LogP contribution in [0.2, 0.25) is 0 Å². The number of hydrogen-bond acceptors (Lipinski definition) is 4. The molecule has 1 atom stereocenters. The Morgan fingerprint density at radius 2 is 2.14 bits per heavy atom. The van der Waals surface area contributed by atoms with Gasteiger partial charge >= 0.3 is 0 Å². The molecule has 76 valence electrons. The third kappa shape index (κ3) is 1.64. The highest BCUT2D eigenvalue weighted by Crippen LogP contribution is 2.39. The van der Waals surface area contributed by atoms with Crippen molar-refractivity contribution < 1.29 is 14.9 Å². The summed E-state index contributed by atoms with van der Waals surface area (Å²) in [4.78, 5) is 14.0. The number of aliphatic hydroxyl groups is 1. The summed E-state index contributed by atoms with van der Waals surface area (Å²) in [6.45, 7) is 3.71. The SMILES string of the molecule is CC1(C)CC(O)(c2ccccn2)OO1. The molecule has 2 rings (SSSR count). The molecule has 1 aromatic rings. The van der Waals surface area contributed by atoms with Crippen LogP contribution in [0.5, 0.6) is 0 Å². The topological polar surface area (TPSA) is 51.6 Å². The lowest BCUT2D eigenvalue weighted by molar-refractivity contribution is -0.397. The third-order valence-corrected chi connectivity index (χ3v) is 2.14. The minimum atomic E-state index is -1.41. The van der Waals surface area contributed by atoms with Crippen molar-refractivity contribution in [2.24, 2.45) is 0 Å². The summed E-state index contributed by atoms with van der Waals surface area (Å²) < 4.78 is 0. The smallest absolute Gasteiger partial charge is 0.245 e. The zero-order chi connectivity index (χ0) is 10.2. The zero-order valence-corrected chi connectivity index (χ0v) is 8.23. The quantitative estimate of drug-likeness (QED) is 0.687. The van der Waals surface area contributed by atoms with E-state index < -0.39 is 11.4 Å². The molecule has 1 aliphatic heterocycles. The van der Waals surface area contributed by atoms with Gasteiger partial charge in [0.25, 0.3) is 0 Å². The Morgan fingerprint density at radius 1 is 1.36 bits per heavy atom. The van der Waals surface area contributed by atoms with Crippen molar-refractivity contribution in [2.75, 3.05) is 0 Å². The van der Waals surface area contributed by atoms with Crippen LogP contribution < -0.4 is 0 Å². The lowest BCUT2D eigenvalue weighted by atomic mass is 9.97. The highest BCUT2D eigenvalue weighted by molar-refractivity contribution is 5.11. The first kappa shape index (κ1) is 9.58. The molecular formula is C10H13NO3. The number of aromatic nitrogens is 1. The van der Waals surface area contributed by atoms with E-state index in [-0.39, 0.29) is 0 Å². The first-order valence-corrected chi connectivity index (χ1v) is 4.53. The molecule has 0 bridgehead atoms. The predicted molar refractivity (Wildman–Crippen MR) is 49.0 cm³/mol. The summed E-state index contributed by atoms with van der Waals surface area (Å²) in [7, 11) is 0. The molecule has 1 fully saturated rings. The average Bonchev–Trinajstić information content (AvgIpc) is 2.44. The van der Waals surface area contributed by atoms with E-state index >= 15 is 0 Å². The normalized spacial score (nSPS) is 30.5. The van der Waals surface area contributed by atoms with Gasteiger partial charge in [-0.05, 0) is 26.0 Å². The number of pyridine rings is 1. The standard InChI is InChI=1S/C10H13NO3/c1-9(2)7-10(12,14-13-9)8-5-3-4-6-11-8/h3-6,12H,7H2,1-2H3. The van der Waals surface area contributed by atoms with Crippen LogP contribution in [0, 0.1) is 0 Å². The third-order valence-electron chi connectivity index (χ3n) is 2.14. The zero-order valence-electron chi connectivity index (χ0n) is 8.23. The molecule has 2 heterocycles. The average molecular weight is 195 g/mol. The lowest BCUT2D eigenvalue weighted by Crippen LogP contribution is -2.27. The molecule has 0 amide bonds. The van der Waals surface area contributed by atoms with Gasteiger partial charge in [-0.15, -0.1) is 0 Å². The van der Waals surface area contributed by atoms with Crippen molar-refractivity contribution >= 4 is 0 Å². The van der Waals surface area contributed by atoms with Gasteiger partial charge in [-0.2, -0.15) is 4.89 Å². The maximum Gasteiger partial charge on any atom is 0.245 e. The van der Waals surface area contributed by atoms with E-state index in [2.05, 4.69) is 4.98 Å². The van der Waals surface area contributed by atoms with Gasteiger partial charge < -0.3 is 5.11 Å². The molecule has 0 saturated carbocycles. The molecule has 1 saturated heterocycles. The maximum absolute atomic E-state index is 10.1.